The molecule has 1 saturated carbocycles. The smallest absolute Gasteiger partial charge is 0.259 e. The lowest BCUT2D eigenvalue weighted by Gasteiger charge is -2.31. The number of rotatable bonds is 7. The van der Waals surface area contributed by atoms with Gasteiger partial charge in [-0.05, 0) is 26.2 Å². The van der Waals surface area contributed by atoms with Crippen LogP contribution in [-0.2, 0) is 0 Å². The van der Waals surface area contributed by atoms with Crippen LogP contribution in [0.25, 0.3) is 0 Å². The fourth-order valence-electron chi connectivity index (χ4n) is 3.46. The Morgan fingerprint density at radius 2 is 1.93 bits per heavy atom. The number of aromatic nitrogens is 1. The zero-order valence-corrected chi connectivity index (χ0v) is 16.7. The summed E-state index contributed by atoms with van der Waals surface area (Å²) in [6, 6.07) is 0.226. The molecule has 2 rings (SSSR count). The first kappa shape index (κ1) is 20.9. The minimum Gasteiger partial charge on any atom is -0.350 e. The molecule has 1 aliphatic carbocycles. The van der Waals surface area contributed by atoms with Crippen molar-refractivity contribution in [2.45, 2.75) is 64.5 Å². The molecule has 27 heavy (non-hydrogen) atoms. The summed E-state index contributed by atoms with van der Waals surface area (Å²) in [6.07, 6.45) is 10.8. The van der Waals surface area contributed by atoms with Crippen molar-refractivity contribution < 1.29 is 9.59 Å². The summed E-state index contributed by atoms with van der Waals surface area (Å²) >= 11 is 0. The molecule has 1 atom stereocenters. The molecule has 0 aliphatic heterocycles. The molecule has 0 spiro atoms. The van der Waals surface area contributed by atoms with Gasteiger partial charge < -0.3 is 14.8 Å². The summed E-state index contributed by atoms with van der Waals surface area (Å²) in [5, 5.41) is 2.64. The van der Waals surface area contributed by atoms with Gasteiger partial charge in [0.2, 0.25) is 5.43 Å². The number of hydrogen-bond donors (Lipinski definition) is 1. The van der Waals surface area contributed by atoms with Crippen LogP contribution in [0.1, 0.15) is 79.1 Å². The summed E-state index contributed by atoms with van der Waals surface area (Å²) in [5.74, 6) is -0.783. The fraction of sp³-hybridized carbons (Fsp3) is 0.571. The molecule has 1 heterocycles. The average molecular weight is 373 g/mol. The van der Waals surface area contributed by atoms with Gasteiger partial charge in [0, 0.05) is 38.1 Å². The maximum absolute atomic E-state index is 13.1. The lowest BCUT2D eigenvalue weighted by atomic mass is 9.94. The molecule has 1 aliphatic rings. The molecule has 148 valence electrons. The quantitative estimate of drug-likeness (QED) is 0.747. The van der Waals surface area contributed by atoms with E-state index in [0.717, 1.165) is 32.1 Å². The van der Waals surface area contributed by atoms with Crippen molar-refractivity contribution in [2.75, 3.05) is 13.6 Å². The van der Waals surface area contributed by atoms with Crippen LogP contribution in [0.3, 0.4) is 0 Å². The van der Waals surface area contributed by atoms with Gasteiger partial charge in [0.1, 0.15) is 11.1 Å². The van der Waals surface area contributed by atoms with E-state index in [4.69, 9.17) is 0 Å². The number of nitrogens with one attached hydrogen (secondary N) is 1. The Hall–Kier alpha value is -2.37. The Morgan fingerprint density at radius 1 is 1.30 bits per heavy atom. The van der Waals surface area contributed by atoms with Crippen LogP contribution in [0.2, 0.25) is 0 Å². The van der Waals surface area contributed by atoms with Gasteiger partial charge in [-0.3, -0.25) is 14.4 Å². The molecule has 1 N–H and O–H groups in total. The van der Waals surface area contributed by atoms with Gasteiger partial charge in [0.15, 0.2) is 0 Å². The highest BCUT2D eigenvalue weighted by atomic mass is 16.2. The van der Waals surface area contributed by atoms with Crippen molar-refractivity contribution in [3.05, 3.63) is 46.4 Å². The summed E-state index contributed by atoms with van der Waals surface area (Å²) in [7, 11) is 1.76. The second-order valence-electron chi connectivity index (χ2n) is 7.33. The van der Waals surface area contributed by atoms with Crippen LogP contribution in [-0.4, -0.2) is 40.9 Å². The lowest BCUT2D eigenvalue weighted by Crippen LogP contribution is -2.41. The van der Waals surface area contributed by atoms with Crippen molar-refractivity contribution in [2.24, 2.45) is 0 Å². The number of hydrogen-bond acceptors (Lipinski definition) is 3. The zero-order chi connectivity index (χ0) is 20.0. The largest absolute Gasteiger partial charge is 0.350 e. The average Bonchev–Trinajstić information content (AvgIpc) is 2.71. The maximum atomic E-state index is 13.1. The third kappa shape index (κ3) is 4.87. The highest BCUT2D eigenvalue weighted by Crippen LogP contribution is 2.23. The van der Waals surface area contributed by atoms with Crippen LogP contribution < -0.4 is 10.7 Å². The Kier molecular flexibility index (Phi) is 7.39. The van der Waals surface area contributed by atoms with Crippen LogP contribution in [0.4, 0.5) is 0 Å². The summed E-state index contributed by atoms with van der Waals surface area (Å²) in [5.41, 5.74) is -0.446. The lowest BCUT2D eigenvalue weighted by molar-refractivity contribution is 0.0694. The van der Waals surface area contributed by atoms with E-state index in [1.807, 2.05) is 13.8 Å². The molecule has 0 radical (unpaired) electrons. The van der Waals surface area contributed by atoms with E-state index in [1.165, 1.54) is 6.42 Å². The molecule has 6 heteroatoms. The molecule has 1 aromatic rings. The number of nitrogens with zero attached hydrogens (tertiary/aromatic N) is 2. The van der Waals surface area contributed by atoms with Gasteiger partial charge in [-0.25, -0.2) is 0 Å². The number of carbonyl (C=O) groups is 2. The first-order valence-corrected chi connectivity index (χ1v) is 9.82. The molecule has 1 aromatic heterocycles. The molecule has 6 nitrogen and oxygen atoms in total. The molecule has 0 saturated heterocycles. The van der Waals surface area contributed by atoms with Crippen molar-refractivity contribution in [3.63, 3.8) is 0 Å². The molecule has 0 aromatic carbocycles. The molecule has 1 fully saturated rings. The second-order valence-corrected chi connectivity index (χ2v) is 7.33. The highest BCUT2D eigenvalue weighted by Gasteiger charge is 2.27. The monoisotopic (exact) mass is 373 g/mol. The van der Waals surface area contributed by atoms with Crippen molar-refractivity contribution in [1.29, 1.82) is 0 Å². The number of pyridine rings is 1. The van der Waals surface area contributed by atoms with Crippen molar-refractivity contribution in [3.8, 4) is 0 Å². The molecule has 0 bridgehead atoms. The Balaban J connectivity index is 2.43. The van der Waals surface area contributed by atoms with E-state index in [0.29, 0.717) is 0 Å². The Morgan fingerprint density at radius 3 is 2.52 bits per heavy atom. The topological polar surface area (TPSA) is 71.4 Å². The van der Waals surface area contributed by atoms with Gasteiger partial charge >= 0.3 is 0 Å². The normalized spacial score (nSPS) is 15.8. The Labute approximate surface area is 161 Å². The third-order valence-corrected chi connectivity index (χ3v) is 5.47. The first-order chi connectivity index (χ1) is 12.9. The van der Waals surface area contributed by atoms with Crippen LogP contribution in [0.5, 0.6) is 0 Å². The standard InChI is InChI=1S/C21H31N3O3/c1-5-12-22-20(26)17-13-24(15(3)6-2)14-18(19(17)25)21(27)23(4)16-10-8-7-9-11-16/h5,13-16H,1,6-12H2,2-4H3,(H,22,26). The van der Waals surface area contributed by atoms with Crippen molar-refractivity contribution >= 4 is 11.8 Å². The van der Waals surface area contributed by atoms with Crippen molar-refractivity contribution in [1.82, 2.24) is 14.8 Å². The van der Waals surface area contributed by atoms with E-state index >= 15 is 0 Å². The minimum absolute atomic E-state index is 0.0000409. The highest BCUT2D eigenvalue weighted by molar-refractivity contribution is 5.99. The predicted octanol–water partition coefficient (Wildman–Crippen LogP) is 3.14. The minimum atomic E-state index is -0.510. The molecular formula is C21H31N3O3. The summed E-state index contributed by atoms with van der Waals surface area (Å²) in [4.78, 5) is 40.1. The summed E-state index contributed by atoms with van der Waals surface area (Å²) in [6.45, 7) is 7.85. The number of carbonyl (C=O) groups excluding carboxylic acids is 2. The molecular weight excluding hydrogens is 342 g/mol. The summed E-state index contributed by atoms with van der Waals surface area (Å²) < 4.78 is 1.80. The van der Waals surface area contributed by atoms with E-state index in [9.17, 15) is 14.4 Å². The fourth-order valence-corrected chi connectivity index (χ4v) is 3.46. The van der Waals surface area contributed by atoms with Gasteiger partial charge in [-0.15, -0.1) is 6.58 Å². The SMILES string of the molecule is C=CCNC(=O)c1cn(C(C)CC)cc(C(=O)N(C)C2CCCCC2)c1=O. The third-order valence-electron chi connectivity index (χ3n) is 5.47. The number of amides is 2. The first-order valence-electron chi connectivity index (χ1n) is 9.82. The second kappa shape index (κ2) is 9.53. The van der Waals surface area contributed by atoms with Crippen LogP contribution in [0.15, 0.2) is 29.8 Å². The van der Waals surface area contributed by atoms with Gasteiger partial charge in [0.05, 0.1) is 0 Å². The van der Waals surface area contributed by atoms with E-state index in [1.54, 1.807) is 35.0 Å². The molecule has 1 unspecified atom stereocenters. The maximum Gasteiger partial charge on any atom is 0.259 e. The zero-order valence-electron chi connectivity index (χ0n) is 16.7. The Bertz CT molecular complexity index is 748. The molecule has 2 amide bonds. The van der Waals surface area contributed by atoms with Gasteiger partial charge in [-0.1, -0.05) is 32.3 Å². The van der Waals surface area contributed by atoms with Gasteiger partial charge in [-0.2, -0.15) is 0 Å². The van der Waals surface area contributed by atoms with Crippen LogP contribution in [0, 0.1) is 0 Å². The van der Waals surface area contributed by atoms with E-state index in [-0.39, 0.29) is 35.7 Å². The van der Waals surface area contributed by atoms with Crippen LogP contribution >= 0.6 is 0 Å². The predicted molar refractivity (Wildman–Crippen MR) is 107 cm³/mol. The van der Waals surface area contributed by atoms with E-state index in [2.05, 4.69) is 11.9 Å². The van der Waals surface area contributed by atoms with E-state index < -0.39 is 11.3 Å². The van der Waals surface area contributed by atoms with Gasteiger partial charge in [0.25, 0.3) is 11.8 Å².